The highest BCUT2D eigenvalue weighted by Crippen LogP contribution is 2.30. The molecule has 0 unspecified atom stereocenters. The first-order valence-electron chi connectivity index (χ1n) is 8.03. The zero-order valence-corrected chi connectivity index (χ0v) is 13.7. The maximum absolute atomic E-state index is 11.8. The summed E-state index contributed by atoms with van der Waals surface area (Å²) in [6.07, 6.45) is 0.694. The maximum Gasteiger partial charge on any atom is 0.257 e. The summed E-state index contributed by atoms with van der Waals surface area (Å²) in [5.74, 6) is 1.87. The van der Waals surface area contributed by atoms with E-state index < -0.39 is 0 Å². The van der Waals surface area contributed by atoms with E-state index in [0.717, 1.165) is 17.1 Å². The van der Waals surface area contributed by atoms with E-state index in [1.54, 1.807) is 24.3 Å². The molecule has 1 N–H and O–H groups in total. The Morgan fingerprint density at radius 1 is 1.12 bits per heavy atom. The molecule has 2 aromatic rings. The third-order valence-corrected chi connectivity index (χ3v) is 3.70. The van der Waals surface area contributed by atoms with E-state index in [-0.39, 0.29) is 12.5 Å². The summed E-state index contributed by atoms with van der Waals surface area (Å²) in [4.78, 5) is 11.8. The molecular weight excluding hydrogens is 320 g/mol. The van der Waals surface area contributed by atoms with Crippen LogP contribution in [0.15, 0.2) is 42.5 Å². The minimum absolute atomic E-state index is 0.0625. The fourth-order valence-corrected chi connectivity index (χ4v) is 2.42. The highest BCUT2D eigenvalue weighted by molar-refractivity contribution is 5.77. The molecule has 1 amide bonds. The first-order valence-corrected chi connectivity index (χ1v) is 8.03. The zero-order chi connectivity index (χ0) is 17.5. The van der Waals surface area contributed by atoms with Crippen LogP contribution in [0.2, 0.25) is 0 Å². The van der Waals surface area contributed by atoms with Crippen molar-refractivity contribution in [2.45, 2.75) is 6.42 Å². The highest BCUT2D eigenvalue weighted by atomic mass is 16.6. The topological polar surface area (TPSA) is 80.6 Å². The number of ether oxygens (including phenoxy) is 3. The van der Waals surface area contributed by atoms with Crippen molar-refractivity contribution in [1.29, 1.82) is 5.26 Å². The van der Waals surface area contributed by atoms with Gasteiger partial charge in [0.1, 0.15) is 19.0 Å². The molecule has 0 aliphatic carbocycles. The number of nitrogens with zero attached hydrogens (tertiary/aromatic N) is 1. The number of fused-ring (bicyclic) bond motifs is 1. The lowest BCUT2D eigenvalue weighted by Gasteiger charge is -2.18. The average molecular weight is 338 g/mol. The lowest BCUT2D eigenvalue weighted by atomic mass is 10.1. The van der Waals surface area contributed by atoms with Crippen LogP contribution in [-0.2, 0) is 11.2 Å². The van der Waals surface area contributed by atoms with Crippen LogP contribution in [0.5, 0.6) is 17.2 Å². The molecule has 1 aliphatic heterocycles. The molecular formula is C19H18N2O4. The van der Waals surface area contributed by atoms with Crippen LogP contribution in [0.3, 0.4) is 0 Å². The van der Waals surface area contributed by atoms with Crippen molar-refractivity contribution in [3.8, 4) is 23.3 Å². The SMILES string of the molecule is N#Cc1ccc(OCC(=O)NCCc2ccc3c(c2)OCCO3)cc1. The van der Waals surface area contributed by atoms with Crippen molar-refractivity contribution in [3.05, 3.63) is 53.6 Å². The van der Waals surface area contributed by atoms with E-state index in [9.17, 15) is 4.79 Å². The predicted octanol–water partition coefficient (Wildman–Crippen LogP) is 2.07. The zero-order valence-electron chi connectivity index (χ0n) is 13.7. The van der Waals surface area contributed by atoms with Crippen LogP contribution in [0.4, 0.5) is 0 Å². The summed E-state index contributed by atoms with van der Waals surface area (Å²) in [7, 11) is 0. The van der Waals surface area contributed by atoms with E-state index in [1.165, 1.54) is 0 Å². The number of hydrogen-bond donors (Lipinski definition) is 1. The molecule has 128 valence electrons. The maximum atomic E-state index is 11.8. The normalized spacial score (nSPS) is 12.1. The first-order chi connectivity index (χ1) is 12.2. The summed E-state index contributed by atoms with van der Waals surface area (Å²) in [6, 6.07) is 14.5. The van der Waals surface area contributed by atoms with Gasteiger partial charge < -0.3 is 19.5 Å². The van der Waals surface area contributed by atoms with Gasteiger partial charge >= 0.3 is 0 Å². The van der Waals surface area contributed by atoms with E-state index in [4.69, 9.17) is 19.5 Å². The fourth-order valence-electron chi connectivity index (χ4n) is 2.42. The van der Waals surface area contributed by atoms with Gasteiger partial charge in [0, 0.05) is 6.54 Å². The third kappa shape index (κ3) is 4.64. The molecule has 25 heavy (non-hydrogen) atoms. The molecule has 1 heterocycles. The van der Waals surface area contributed by atoms with Crippen LogP contribution in [-0.4, -0.2) is 32.3 Å². The fraction of sp³-hybridized carbons (Fsp3) is 0.263. The molecule has 0 aromatic heterocycles. The molecule has 6 heteroatoms. The van der Waals surface area contributed by atoms with Crippen LogP contribution >= 0.6 is 0 Å². The number of carbonyl (C=O) groups is 1. The molecule has 0 fully saturated rings. The van der Waals surface area contributed by atoms with E-state index in [0.29, 0.717) is 37.5 Å². The van der Waals surface area contributed by atoms with Crippen LogP contribution in [0, 0.1) is 11.3 Å². The average Bonchev–Trinajstić information content (AvgIpc) is 2.66. The van der Waals surface area contributed by atoms with Gasteiger partial charge in [0.15, 0.2) is 18.1 Å². The Morgan fingerprint density at radius 3 is 2.64 bits per heavy atom. The number of hydrogen-bond acceptors (Lipinski definition) is 5. The molecule has 0 bridgehead atoms. The Hall–Kier alpha value is -3.20. The van der Waals surface area contributed by atoms with Gasteiger partial charge in [-0.3, -0.25) is 4.79 Å². The lowest BCUT2D eigenvalue weighted by Crippen LogP contribution is -2.30. The monoisotopic (exact) mass is 338 g/mol. The van der Waals surface area contributed by atoms with E-state index in [2.05, 4.69) is 5.32 Å². The smallest absolute Gasteiger partial charge is 0.257 e. The predicted molar refractivity (Wildman–Crippen MR) is 90.8 cm³/mol. The van der Waals surface area contributed by atoms with Crippen molar-refractivity contribution < 1.29 is 19.0 Å². The second-order valence-electron chi connectivity index (χ2n) is 5.50. The summed E-state index contributed by atoms with van der Waals surface area (Å²) in [5.41, 5.74) is 1.62. The highest BCUT2D eigenvalue weighted by Gasteiger charge is 2.11. The van der Waals surface area contributed by atoms with Gasteiger partial charge in [-0.1, -0.05) is 6.07 Å². The van der Waals surface area contributed by atoms with E-state index >= 15 is 0 Å². The Balaban J connectivity index is 1.41. The number of nitrogens with one attached hydrogen (secondary N) is 1. The Morgan fingerprint density at radius 2 is 1.88 bits per heavy atom. The molecule has 0 radical (unpaired) electrons. The second-order valence-corrected chi connectivity index (χ2v) is 5.50. The van der Waals surface area contributed by atoms with Gasteiger partial charge in [0.05, 0.1) is 11.6 Å². The van der Waals surface area contributed by atoms with Gasteiger partial charge in [-0.05, 0) is 48.4 Å². The molecule has 3 rings (SSSR count). The van der Waals surface area contributed by atoms with Gasteiger partial charge in [-0.2, -0.15) is 5.26 Å². The summed E-state index contributed by atoms with van der Waals surface area (Å²) >= 11 is 0. The van der Waals surface area contributed by atoms with Gasteiger partial charge in [0.25, 0.3) is 5.91 Å². The largest absolute Gasteiger partial charge is 0.486 e. The van der Waals surface area contributed by atoms with Crippen LogP contribution < -0.4 is 19.5 Å². The lowest BCUT2D eigenvalue weighted by molar-refractivity contribution is -0.123. The summed E-state index contributed by atoms with van der Waals surface area (Å²) in [6.45, 7) is 1.57. The third-order valence-electron chi connectivity index (χ3n) is 3.70. The first kappa shape index (κ1) is 16.7. The Bertz CT molecular complexity index is 781. The molecule has 0 spiro atoms. The minimum atomic E-state index is -0.193. The van der Waals surface area contributed by atoms with Gasteiger partial charge in [0.2, 0.25) is 0 Å². The van der Waals surface area contributed by atoms with Gasteiger partial charge in [-0.25, -0.2) is 0 Å². The number of amides is 1. The second kappa shape index (κ2) is 8.06. The minimum Gasteiger partial charge on any atom is -0.486 e. The molecule has 1 aliphatic rings. The molecule has 0 atom stereocenters. The van der Waals surface area contributed by atoms with Crippen molar-refractivity contribution >= 4 is 5.91 Å². The number of nitriles is 1. The van der Waals surface area contributed by atoms with Crippen molar-refractivity contribution in [2.75, 3.05) is 26.4 Å². The van der Waals surface area contributed by atoms with Crippen LogP contribution in [0.25, 0.3) is 0 Å². The van der Waals surface area contributed by atoms with Gasteiger partial charge in [-0.15, -0.1) is 0 Å². The molecule has 2 aromatic carbocycles. The Labute approximate surface area is 145 Å². The van der Waals surface area contributed by atoms with E-state index in [1.807, 2.05) is 24.3 Å². The molecule has 6 nitrogen and oxygen atoms in total. The molecule has 0 saturated heterocycles. The number of carbonyl (C=O) groups excluding carboxylic acids is 1. The van der Waals surface area contributed by atoms with Crippen molar-refractivity contribution in [2.24, 2.45) is 0 Å². The van der Waals surface area contributed by atoms with Crippen LogP contribution in [0.1, 0.15) is 11.1 Å². The summed E-state index contributed by atoms with van der Waals surface area (Å²) in [5, 5.41) is 11.5. The molecule has 0 saturated carbocycles. The Kier molecular flexibility index (Phi) is 5.37. The van der Waals surface area contributed by atoms with Crippen molar-refractivity contribution in [1.82, 2.24) is 5.32 Å². The summed E-state index contributed by atoms with van der Waals surface area (Å²) < 4.78 is 16.4. The number of rotatable bonds is 6. The van der Waals surface area contributed by atoms with Crippen molar-refractivity contribution in [3.63, 3.8) is 0 Å². The number of benzene rings is 2. The standard InChI is InChI=1S/C19H18N2O4/c20-12-15-1-4-16(5-2-15)25-13-19(22)21-8-7-14-3-6-17-18(11-14)24-10-9-23-17/h1-6,11H,7-10,13H2,(H,21,22). The quantitative estimate of drug-likeness (QED) is 0.872.